The van der Waals surface area contributed by atoms with Crippen LogP contribution >= 0.6 is 0 Å². The average molecular weight is 272 g/mol. The quantitative estimate of drug-likeness (QED) is 0.804. The van der Waals surface area contributed by atoms with E-state index in [0.29, 0.717) is 6.54 Å². The number of hydrogen-bond donors (Lipinski definition) is 2. The molecule has 2 N–H and O–H groups in total. The van der Waals surface area contributed by atoms with Gasteiger partial charge in [0.05, 0.1) is 12.6 Å². The molecule has 1 unspecified atom stereocenters. The zero-order chi connectivity index (χ0) is 14.4. The van der Waals surface area contributed by atoms with E-state index in [1.165, 1.54) is 4.90 Å². The average Bonchev–Trinajstić information content (AvgIpc) is 2.59. The Morgan fingerprint density at radius 3 is 2.53 bits per heavy atom. The number of carbonyl (C=O) groups excluding carboxylic acids is 1. The first-order chi connectivity index (χ1) is 8.97. The summed E-state index contributed by atoms with van der Waals surface area (Å²) in [5.74, 6) is -1.02. The number of likely N-dealkylation sites (tertiary alicyclic amines) is 1. The summed E-state index contributed by atoms with van der Waals surface area (Å²) >= 11 is 0. The molecule has 0 radical (unpaired) electrons. The Hall–Kier alpha value is -1.30. The summed E-state index contributed by atoms with van der Waals surface area (Å²) < 4.78 is 0. The number of urea groups is 1. The fourth-order valence-electron chi connectivity index (χ4n) is 2.40. The SMILES string of the molecule is CC(C)N(CC(=O)O)C(=O)N1CCCCCC1CO. The molecule has 0 aliphatic carbocycles. The van der Waals surface area contributed by atoms with Crippen LogP contribution in [0.1, 0.15) is 39.5 Å². The Morgan fingerprint density at radius 1 is 1.32 bits per heavy atom. The van der Waals surface area contributed by atoms with Crippen molar-refractivity contribution in [3.05, 3.63) is 0 Å². The molecule has 19 heavy (non-hydrogen) atoms. The van der Waals surface area contributed by atoms with Gasteiger partial charge in [-0.15, -0.1) is 0 Å². The molecular formula is C13H24N2O4. The highest BCUT2D eigenvalue weighted by Crippen LogP contribution is 2.19. The predicted molar refractivity (Wildman–Crippen MR) is 70.9 cm³/mol. The molecule has 6 heteroatoms. The topological polar surface area (TPSA) is 81.1 Å². The van der Waals surface area contributed by atoms with E-state index in [4.69, 9.17) is 5.11 Å². The van der Waals surface area contributed by atoms with E-state index in [0.717, 1.165) is 25.7 Å². The van der Waals surface area contributed by atoms with Gasteiger partial charge in [0, 0.05) is 12.6 Å². The second kappa shape index (κ2) is 7.33. The summed E-state index contributed by atoms with van der Waals surface area (Å²) in [6, 6.07) is -0.644. The molecule has 1 aliphatic heterocycles. The third-order valence-corrected chi connectivity index (χ3v) is 3.51. The lowest BCUT2D eigenvalue weighted by Crippen LogP contribution is -2.52. The van der Waals surface area contributed by atoms with Gasteiger partial charge in [-0.1, -0.05) is 12.8 Å². The standard InChI is InChI=1S/C13H24N2O4/c1-10(2)15(8-12(17)18)13(19)14-7-5-3-4-6-11(14)9-16/h10-11,16H,3-9H2,1-2H3,(H,17,18). The maximum absolute atomic E-state index is 12.5. The minimum Gasteiger partial charge on any atom is -0.480 e. The van der Waals surface area contributed by atoms with Gasteiger partial charge in [-0.2, -0.15) is 0 Å². The first kappa shape index (κ1) is 15.8. The van der Waals surface area contributed by atoms with Crippen LogP contribution in [0.3, 0.4) is 0 Å². The summed E-state index contributed by atoms with van der Waals surface area (Å²) in [5, 5.41) is 18.3. The number of hydrogen-bond acceptors (Lipinski definition) is 3. The van der Waals surface area contributed by atoms with Crippen LogP contribution in [0.2, 0.25) is 0 Å². The smallest absolute Gasteiger partial charge is 0.323 e. The minimum atomic E-state index is -1.02. The Kier molecular flexibility index (Phi) is 6.08. The van der Waals surface area contributed by atoms with Crippen LogP contribution in [0.5, 0.6) is 0 Å². The number of carbonyl (C=O) groups is 2. The largest absolute Gasteiger partial charge is 0.480 e. The molecular weight excluding hydrogens is 248 g/mol. The van der Waals surface area contributed by atoms with Crippen molar-refractivity contribution in [3.63, 3.8) is 0 Å². The molecule has 1 heterocycles. The first-order valence-electron chi connectivity index (χ1n) is 6.87. The van der Waals surface area contributed by atoms with Gasteiger partial charge in [-0.3, -0.25) is 4.79 Å². The number of nitrogens with zero attached hydrogens (tertiary/aromatic N) is 2. The third kappa shape index (κ3) is 4.38. The highest BCUT2D eigenvalue weighted by molar-refractivity contribution is 5.80. The molecule has 0 saturated carbocycles. The zero-order valence-electron chi connectivity index (χ0n) is 11.7. The molecule has 1 aliphatic rings. The summed E-state index contributed by atoms with van der Waals surface area (Å²) in [6.45, 7) is 3.82. The van der Waals surface area contributed by atoms with Crippen LogP contribution < -0.4 is 0 Å². The van der Waals surface area contributed by atoms with E-state index in [1.54, 1.807) is 18.7 Å². The Morgan fingerprint density at radius 2 is 2.00 bits per heavy atom. The van der Waals surface area contributed by atoms with E-state index in [9.17, 15) is 14.7 Å². The van der Waals surface area contributed by atoms with Gasteiger partial charge in [0.1, 0.15) is 6.54 Å². The van der Waals surface area contributed by atoms with Crippen LogP contribution in [0.25, 0.3) is 0 Å². The molecule has 1 fully saturated rings. The van der Waals surface area contributed by atoms with Crippen molar-refractivity contribution >= 4 is 12.0 Å². The molecule has 0 spiro atoms. The maximum Gasteiger partial charge on any atom is 0.323 e. The fraction of sp³-hybridized carbons (Fsp3) is 0.846. The third-order valence-electron chi connectivity index (χ3n) is 3.51. The van der Waals surface area contributed by atoms with Crippen LogP contribution in [-0.4, -0.2) is 63.8 Å². The first-order valence-corrected chi connectivity index (χ1v) is 6.87. The molecule has 0 aromatic rings. The molecule has 0 aromatic carbocycles. The summed E-state index contributed by atoms with van der Waals surface area (Å²) in [4.78, 5) is 26.3. The molecule has 1 rings (SSSR count). The van der Waals surface area contributed by atoms with Gasteiger partial charge in [0.2, 0.25) is 0 Å². The lowest BCUT2D eigenvalue weighted by Gasteiger charge is -2.35. The van der Waals surface area contributed by atoms with E-state index in [2.05, 4.69) is 0 Å². The van der Waals surface area contributed by atoms with Gasteiger partial charge in [0.25, 0.3) is 0 Å². The highest BCUT2D eigenvalue weighted by Gasteiger charge is 2.30. The van der Waals surface area contributed by atoms with Gasteiger partial charge < -0.3 is 20.0 Å². The summed E-state index contributed by atoms with van der Waals surface area (Å²) in [5.41, 5.74) is 0. The second-order valence-corrected chi connectivity index (χ2v) is 5.28. The van der Waals surface area contributed by atoms with E-state index in [-0.39, 0.29) is 31.3 Å². The van der Waals surface area contributed by atoms with Gasteiger partial charge in [-0.25, -0.2) is 4.79 Å². The number of aliphatic hydroxyl groups is 1. The zero-order valence-corrected chi connectivity index (χ0v) is 11.7. The summed E-state index contributed by atoms with van der Waals surface area (Å²) in [7, 11) is 0. The van der Waals surface area contributed by atoms with Gasteiger partial charge >= 0.3 is 12.0 Å². The molecule has 1 atom stereocenters. The normalized spacial score (nSPS) is 20.2. The molecule has 6 nitrogen and oxygen atoms in total. The van der Waals surface area contributed by atoms with Crippen LogP contribution in [0, 0.1) is 0 Å². The Balaban J connectivity index is 2.82. The lowest BCUT2D eigenvalue weighted by molar-refractivity contribution is -0.138. The number of aliphatic carboxylic acids is 1. The van der Waals surface area contributed by atoms with Crippen molar-refractivity contribution in [2.75, 3.05) is 19.7 Å². The van der Waals surface area contributed by atoms with Gasteiger partial charge in [-0.05, 0) is 26.7 Å². The minimum absolute atomic E-state index is 0.0647. The Labute approximate surface area is 114 Å². The van der Waals surface area contributed by atoms with Crippen LogP contribution in [0.15, 0.2) is 0 Å². The van der Waals surface area contributed by atoms with Crippen molar-refractivity contribution in [1.82, 2.24) is 9.80 Å². The lowest BCUT2D eigenvalue weighted by atomic mass is 10.1. The highest BCUT2D eigenvalue weighted by atomic mass is 16.4. The second-order valence-electron chi connectivity index (χ2n) is 5.28. The molecule has 0 bridgehead atoms. The number of carboxylic acids is 1. The van der Waals surface area contributed by atoms with Crippen molar-refractivity contribution in [2.45, 2.75) is 51.6 Å². The van der Waals surface area contributed by atoms with Crippen molar-refractivity contribution in [1.29, 1.82) is 0 Å². The molecule has 110 valence electrons. The monoisotopic (exact) mass is 272 g/mol. The predicted octanol–water partition coefficient (Wildman–Crippen LogP) is 1.14. The Bertz CT molecular complexity index is 320. The van der Waals surface area contributed by atoms with Crippen molar-refractivity contribution in [3.8, 4) is 0 Å². The van der Waals surface area contributed by atoms with E-state index < -0.39 is 5.97 Å². The van der Waals surface area contributed by atoms with E-state index >= 15 is 0 Å². The van der Waals surface area contributed by atoms with Crippen molar-refractivity contribution in [2.24, 2.45) is 0 Å². The van der Waals surface area contributed by atoms with E-state index in [1.807, 2.05) is 0 Å². The van der Waals surface area contributed by atoms with Gasteiger partial charge in [0.15, 0.2) is 0 Å². The number of rotatable bonds is 4. The van der Waals surface area contributed by atoms with Crippen LogP contribution in [-0.2, 0) is 4.79 Å². The number of carboxylic acid groups (broad SMARTS) is 1. The number of amides is 2. The molecule has 1 saturated heterocycles. The molecule has 2 amide bonds. The number of aliphatic hydroxyl groups excluding tert-OH is 1. The van der Waals surface area contributed by atoms with Crippen LogP contribution in [0.4, 0.5) is 4.79 Å². The maximum atomic E-state index is 12.5. The molecule has 0 aromatic heterocycles. The fourth-order valence-corrected chi connectivity index (χ4v) is 2.40. The summed E-state index contributed by atoms with van der Waals surface area (Å²) in [6.07, 6.45) is 3.72. The van der Waals surface area contributed by atoms with Crippen molar-refractivity contribution < 1.29 is 19.8 Å².